The summed E-state index contributed by atoms with van der Waals surface area (Å²) < 4.78 is 5.32. The Kier molecular flexibility index (Phi) is 4.79. The molecule has 1 aliphatic heterocycles. The van der Waals surface area contributed by atoms with Crippen molar-refractivity contribution >= 4 is 11.7 Å². The van der Waals surface area contributed by atoms with Gasteiger partial charge in [0.25, 0.3) is 0 Å². The molecule has 126 valence electrons. The van der Waals surface area contributed by atoms with Gasteiger partial charge in [-0.25, -0.2) is 0 Å². The number of ether oxygens (including phenoxy) is 1. The van der Waals surface area contributed by atoms with E-state index in [0.29, 0.717) is 17.8 Å². The van der Waals surface area contributed by atoms with Gasteiger partial charge in [-0.2, -0.15) is 0 Å². The SMILES string of the molecule is COc1cccc(N2CCC3(CCC(CC(=O)O)CC3)CC2)c1. The monoisotopic (exact) mass is 317 g/mol. The molecular weight excluding hydrogens is 290 g/mol. The zero-order valence-corrected chi connectivity index (χ0v) is 14.0. The molecule has 0 radical (unpaired) electrons. The van der Waals surface area contributed by atoms with Crippen LogP contribution in [0.4, 0.5) is 5.69 Å². The van der Waals surface area contributed by atoms with Gasteiger partial charge in [0.2, 0.25) is 0 Å². The quantitative estimate of drug-likeness (QED) is 0.913. The van der Waals surface area contributed by atoms with Gasteiger partial charge < -0.3 is 14.7 Å². The van der Waals surface area contributed by atoms with Crippen LogP contribution in [0.15, 0.2) is 24.3 Å². The molecule has 3 rings (SSSR count). The first-order valence-corrected chi connectivity index (χ1v) is 8.71. The topological polar surface area (TPSA) is 49.8 Å². The van der Waals surface area contributed by atoms with Gasteiger partial charge in [0.15, 0.2) is 0 Å². The lowest BCUT2D eigenvalue weighted by Gasteiger charge is -2.46. The highest BCUT2D eigenvalue weighted by Gasteiger charge is 2.38. The molecule has 4 nitrogen and oxygen atoms in total. The van der Waals surface area contributed by atoms with Crippen LogP contribution in [0.2, 0.25) is 0 Å². The average Bonchev–Trinajstić information content (AvgIpc) is 2.57. The molecule has 1 aromatic rings. The number of aliphatic carboxylic acids is 1. The number of benzene rings is 1. The fraction of sp³-hybridized carbons (Fsp3) is 0.632. The Hall–Kier alpha value is -1.71. The number of carboxylic acid groups (broad SMARTS) is 1. The Morgan fingerprint density at radius 3 is 2.57 bits per heavy atom. The maximum absolute atomic E-state index is 10.9. The van der Waals surface area contributed by atoms with Crippen molar-refractivity contribution in [3.8, 4) is 5.75 Å². The first-order chi connectivity index (χ1) is 11.1. The fourth-order valence-corrected chi connectivity index (χ4v) is 4.29. The number of nitrogens with zero attached hydrogens (tertiary/aromatic N) is 1. The van der Waals surface area contributed by atoms with Crippen molar-refractivity contribution in [2.45, 2.75) is 44.9 Å². The summed E-state index contributed by atoms with van der Waals surface area (Å²) in [6.07, 6.45) is 7.39. The van der Waals surface area contributed by atoms with Gasteiger partial charge in [-0.3, -0.25) is 4.79 Å². The third kappa shape index (κ3) is 3.80. The van der Waals surface area contributed by atoms with Crippen molar-refractivity contribution in [1.82, 2.24) is 0 Å². The number of carbonyl (C=O) groups is 1. The molecule has 0 amide bonds. The molecular formula is C19H27NO3. The molecule has 1 spiro atoms. The maximum Gasteiger partial charge on any atom is 0.303 e. The Labute approximate surface area is 138 Å². The Bertz CT molecular complexity index is 539. The summed E-state index contributed by atoms with van der Waals surface area (Å²) in [5.41, 5.74) is 1.71. The van der Waals surface area contributed by atoms with Gasteiger partial charge in [0.05, 0.1) is 7.11 Å². The molecule has 23 heavy (non-hydrogen) atoms. The highest BCUT2D eigenvalue weighted by molar-refractivity contribution is 5.67. The first-order valence-electron chi connectivity index (χ1n) is 8.71. The number of anilines is 1. The molecule has 0 aromatic heterocycles. The summed E-state index contributed by atoms with van der Waals surface area (Å²) in [5.74, 6) is 0.672. The van der Waals surface area contributed by atoms with Crippen molar-refractivity contribution in [3.63, 3.8) is 0 Å². The molecule has 1 aromatic carbocycles. The molecule has 2 fully saturated rings. The number of rotatable bonds is 4. The number of carboxylic acids is 1. The Morgan fingerprint density at radius 1 is 1.26 bits per heavy atom. The lowest BCUT2D eigenvalue weighted by atomic mass is 9.65. The van der Waals surface area contributed by atoms with Crippen LogP contribution in [-0.4, -0.2) is 31.3 Å². The van der Waals surface area contributed by atoms with E-state index in [4.69, 9.17) is 9.84 Å². The molecule has 1 saturated carbocycles. The van der Waals surface area contributed by atoms with Gasteiger partial charge in [0, 0.05) is 31.3 Å². The van der Waals surface area contributed by atoms with Gasteiger partial charge >= 0.3 is 5.97 Å². The van der Waals surface area contributed by atoms with Gasteiger partial charge in [0.1, 0.15) is 5.75 Å². The minimum Gasteiger partial charge on any atom is -0.497 e. The fourth-order valence-electron chi connectivity index (χ4n) is 4.29. The van der Waals surface area contributed by atoms with Crippen LogP contribution in [0.1, 0.15) is 44.9 Å². The van der Waals surface area contributed by atoms with Gasteiger partial charge in [-0.1, -0.05) is 6.07 Å². The zero-order valence-electron chi connectivity index (χ0n) is 14.0. The maximum atomic E-state index is 10.9. The summed E-state index contributed by atoms with van der Waals surface area (Å²) in [4.78, 5) is 13.3. The molecule has 1 heterocycles. The van der Waals surface area contributed by atoms with E-state index in [2.05, 4.69) is 23.1 Å². The molecule has 2 aliphatic rings. The largest absolute Gasteiger partial charge is 0.497 e. The lowest BCUT2D eigenvalue weighted by molar-refractivity contribution is -0.138. The van der Waals surface area contributed by atoms with Crippen molar-refractivity contribution in [2.75, 3.05) is 25.1 Å². The van der Waals surface area contributed by atoms with Crippen LogP contribution in [0.5, 0.6) is 5.75 Å². The second-order valence-electron chi connectivity index (χ2n) is 7.23. The van der Waals surface area contributed by atoms with Crippen LogP contribution >= 0.6 is 0 Å². The predicted molar refractivity (Wildman–Crippen MR) is 91.1 cm³/mol. The number of piperidine rings is 1. The molecule has 1 saturated heterocycles. The van der Waals surface area contributed by atoms with E-state index in [1.807, 2.05) is 6.07 Å². The van der Waals surface area contributed by atoms with Crippen LogP contribution in [-0.2, 0) is 4.79 Å². The number of hydrogen-bond acceptors (Lipinski definition) is 3. The molecule has 0 atom stereocenters. The summed E-state index contributed by atoms with van der Waals surface area (Å²) >= 11 is 0. The molecule has 0 bridgehead atoms. The first kappa shape index (κ1) is 16.2. The minimum absolute atomic E-state index is 0.353. The Morgan fingerprint density at radius 2 is 1.96 bits per heavy atom. The summed E-state index contributed by atoms with van der Waals surface area (Å²) in [7, 11) is 1.71. The van der Waals surface area contributed by atoms with Crippen molar-refractivity contribution in [1.29, 1.82) is 0 Å². The van der Waals surface area contributed by atoms with E-state index in [1.165, 1.54) is 31.4 Å². The van der Waals surface area contributed by atoms with E-state index in [-0.39, 0.29) is 0 Å². The van der Waals surface area contributed by atoms with Crippen LogP contribution < -0.4 is 9.64 Å². The summed E-state index contributed by atoms with van der Waals surface area (Å²) in [6.45, 7) is 2.19. The molecule has 0 unspecified atom stereocenters. The second-order valence-corrected chi connectivity index (χ2v) is 7.23. The van der Waals surface area contributed by atoms with Crippen molar-refractivity contribution in [3.05, 3.63) is 24.3 Å². The predicted octanol–water partition coefficient (Wildman–Crippen LogP) is 3.95. The number of hydrogen-bond donors (Lipinski definition) is 1. The second kappa shape index (κ2) is 6.81. The van der Waals surface area contributed by atoms with Crippen LogP contribution in [0, 0.1) is 11.3 Å². The Balaban J connectivity index is 1.55. The van der Waals surface area contributed by atoms with E-state index in [9.17, 15) is 4.79 Å². The highest BCUT2D eigenvalue weighted by atomic mass is 16.5. The highest BCUT2D eigenvalue weighted by Crippen LogP contribution is 2.47. The van der Waals surface area contributed by atoms with E-state index < -0.39 is 5.97 Å². The van der Waals surface area contributed by atoms with Crippen LogP contribution in [0.3, 0.4) is 0 Å². The molecule has 1 aliphatic carbocycles. The van der Waals surface area contributed by atoms with E-state index in [1.54, 1.807) is 7.11 Å². The summed E-state index contributed by atoms with van der Waals surface area (Å²) in [6, 6.07) is 8.31. The van der Waals surface area contributed by atoms with Crippen LogP contribution in [0.25, 0.3) is 0 Å². The average molecular weight is 317 g/mol. The van der Waals surface area contributed by atoms with Crippen molar-refractivity contribution < 1.29 is 14.6 Å². The lowest BCUT2D eigenvalue weighted by Crippen LogP contribution is -2.42. The van der Waals surface area contributed by atoms with Gasteiger partial charge in [-0.05, 0) is 62.0 Å². The van der Waals surface area contributed by atoms with Gasteiger partial charge in [-0.15, -0.1) is 0 Å². The zero-order chi connectivity index (χ0) is 16.3. The van der Waals surface area contributed by atoms with E-state index >= 15 is 0 Å². The smallest absolute Gasteiger partial charge is 0.303 e. The van der Waals surface area contributed by atoms with Crippen molar-refractivity contribution in [2.24, 2.45) is 11.3 Å². The third-order valence-corrected chi connectivity index (χ3v) is 5.87. The molecule has 1 N–H and O–H groups in total. The summed E-state index contributed by atoms with van der Waals surface area (Å²) in [5, 5.41) is 8.95. The van der Waals surface area contributed by atoms with E-state index in [0.717, 1.165) is 31.7 Å². The molecule has 4 heteroatoms. The standard InChI is InChI=1S/C19H27NO3/c1-23-17-4-2-3-16(14-17)20-11-9-19(10-12-20)7-5-15(6-8-19)13-18(21)22/h2-4,14-15H,5-13H2,1H3,(H,21,22). The normalized spacial score (nSPS) is 21.3. The number of methoxy groups -OCH3 is 1. The third-order valence-electron chi connectivity index (χ3n) is 5.87. The minimum atomic E-state index is -0.640.